The number of nitrogens with zero attached hydrogens (tertiary/aromatic N) is 1. The van der Waals surface area contributed by atoms with Crippen LogP contribution in [0.1, 0.15) is 31.8 Å². The van der Waals surface area contributed by atoms with Crippen LogP contribution >= 0.6 is 0 Å². The molecule has 0 aromatic heterocycles. The van der Waals surface area contributed by atoms with Gasteiger partial charge in [0.2, 0.25) is 5.91 Å². The third kappa shape index (κ3) is 3.56. The third-order valence-corrected chi connectivity index (χ3v) is 8.82. The van der Waals surface area contributed by atoms with Crippen molar-refractivity contribution in [3.05, 3.63) is 125 Å². The van der Waals surface area contributed by atoms with Gasteiger partial charge in [-0.3, -0.25) is 14.4 Å². The van der Waals surface area contributed by atoms with Crippen molar-refractivity contribution in [2.24, 2.45) is 5.92 Å². The first-order chi connectivity index (χ1) is 20.5. The molecule has 7 nitrogen and oxygen atoms in total. The number of ketones is 2. The van der Waals surface area contributed by atoms with Gasteiger partial charge in [-0.2, -0.15) is 0 Å². The van der Waals surface area contributed by atoms with Gasteiger partial charge >= 0.3 is 0 Å². The van der Waals surface area contributed by atoms with Crippen molar-refractivity contribution < 1.29 is 23.9 Å². The van der Waals surface area contributed by atoms with Crippen LogP contribution in [0.3, 0.4) is 0 Å². The predicted octanol–water partition coefficient (Wildman–Crippen LogP) is 5.56. The highest BCUT2D eigenvalue weighted by Gasteiger charge is 2.70. The normalized spacial score (nSPS) is 23.1. The van der Waals surface area contributed by atoms with E-state index in [1.165, 1.54) is 0 Å². The molecule has 4 aromatic carbocycles. The Morgan fingerprint density at radius 1 is 0.786 bits per heavy atom. The van der Waals surface area contributed by atoms with Gasteiger partial charge in [-0.1, -0.05) is 60.7 Å². The van der Waals surface area contributed by atoms with E-state index in [2.05, 4.69) is 5.32 Å². The average Bonchev–Trinajstić information content (AvgIpc) is 3.52. The molecule has 3 heterocycles. The summed E-state index contributed by atoms with van der Waals surface area (Å²) in [6, 6.07) is 27.4. The largest absolute Gasteiger partial charge is 0.497 e. The van der Waals surface area contributed by atoms with E-state index in [4.69, 9.17) is 9.47 Å². The van der Waals surface area contributed by atoms with Crippen molar-refractivity contribution >= 4 is 34.9 Å². The molecule has 42 heavy (non-hydrogen) atoms. The van der Waals surface area contributed by atoms with Crippen LogP contribution < -0.4 is 19.7 Å². The quantitative estimate of drug-likeness (QED) is 0.313. The van der Waals surface area contributed by atoms with Crippen molar-refractivity contribution in [3.63, 3.8) is 0 Å². The highest BCUT2D eigenvalue weighted by atomic mass is 16.5. The van der Waals surface area contributed by atoms with Gasteiger partial charge in [0.1, 0.15) is 23.0 Å². The minimum Gasteiger partial charge on any atom is -0.497 e. The number of para-hydroxylation sites is 2. The highest BCUT2D eigenvalue weighted by Crippen LogP contribution is 2.58. The Morgan fingerprint density at radius 3 is 2.31 bits per heavy atom. The van der Waals surface area contributed by atoms with Gasteiger partial charge in [0.05, 0.1) is 26.2 Å². The number of nitrogens with one attached hydrogen (secondary N) is 1. The molecule has 0 unspecified atom stereocenters. The number of carbonyl (C=O) groups is 3. The van der Waals surface area contributed by atoms with E-state index < -0.39 is 23.4 Å². The topological polar surface area (TPSA) is 84.9 Å². The molecule has 0 aliphatic carbocycles. The maximum atomic E-state index is 14.8. The zero-order valence-electron chi connectivity index (χ0n) is 23.1. The second kappa shape index (κ2) is 9.73. The van der Waals surface area contributed by atoms with Crippen LogP contribution in [0.4, 0.5) is 11.4 Å². The molecular formula is C35H28N2O5. The first-order valence-electron chi connectivity index (χ1n) is 13.8. The van der Waals surface area contributed by atoms with Gasteiger partial charge in [0.25, 0.3) is 0 Å². The lowest BCUT2D eigenvalue weighted by atomic mass is 9.64. The molecule has 1 amide bonds. The van der Waals surface area contributed by atoms with Crippen molar-refractivity contribution in [3.8, 4) is 11.5 Å². The number of Topliss-reactive ketones (excluding diaryl/α,β-unsaturated/α-hetero) is 2. The number of carbonyl (C=O) groups excluding carboxylic acids is 3. The molecule has 0 radical (unpaired) electrons. The first-order valence-corrected chi connectivity index (χ1v) is 13.8. The molecule has 208 valence electrons. The van der Waals surface area contributed by atoms with E-state index in [1.54, 1.807) is 62.8 Å². The van der Waals surface area contributed by atoms with Gasteiger partial charge in [0, 0.05) is 22.5 Å². The lowest BCUT2D eigenvalue weighted by Gasteiger charge is -2.37. The summed E-state index contributed by atoms with van der Waals surface area (Å²) in [4.78, 5) is 46.0. The lowest BCUT2D eigenvalue weighted by molar-refractivity contribution is -0.121. The molecule has 1 fully saturated rings. The number of methoxy groups -OCH3 is 2. The monoisotopic (exact) mass is 556 g/mol. The van der Waals surface area contributed by atoms with Crippen molar-refractivity contribution in [1.29, 1.82) is 0 Å². The van der Waals surface area contributed by atoms with Crippen LogP contribution in [-0.4, -0.2) is 43.8 Å². The zero-order chi connectivity index (χ0) is 29.0. The van der Waals surface area contributed by atoms with E-state index in [0.717, 1.165) is 11.3 Å². The maximum Gasteiger partial charge on any atom is 0.238 e. The zero-order valence-corrected chi connectivity index (χ0v) is 23.1. The van der Waals surface area contributed by atoms with E-state index >= 15 is 0 Å². The highest BCUT2D eigenvalue weighted by molar-refractivity contribution is 6.18. The molecule has 1 N–H and O–H groups in total. The molecule has 4 atom stereocenters. The van der Waals surface area contributed by atoms with Crippen LogP contribution in [0.5, 0.6) is 11.5 Å². The van der Waals surface area contributed by atoms with E-state index in [1.807, 2.05) is 65.6 Å². The fourth-order valence-electron chi connectivity index (χ4n) is 7.00. The molecule has 7 heteroatoms. The summed E-state index contributed by atoms with van der Waals surface area (Å²) in [5, 5.41) is 3.06. The standard InChI is InChI=1S/C35H28N2O5/c1-41-24-17-14-22(15-18-24)32(38)30-31(33(39)23-9-7-10-25(20-23)42-2)37-28-13-6-3-8-21(28)16-19-29(37)35(30)26-11-4-5-12-27(26)36-34(35)40/h3-20,29-31H,1-2H3,(H,36,40)/t29-,30-,31+,35+/m1/s1. The van der Waals surface area contributed by atoms with Crippen molar-refractivity contribution in [2.75, 3.05) is 24.4 Å². The van der Waals surface area contributed by atoms with Crippen LogP contribution in [0.15, 0.2) is 103 Å². The number of amides is 1. The Hall–Kier alpha value is -5.17. The molecule has 3 aliphatic heterocycles. The Balaban J connectivity index is 1.52. The fourth-order valence-corrected chi connectivity index (χ4v) is 7.00. The number of rotatable bonds is 6. The molecule has 0 bridgehead atoms. The Kier molecular flexibility index (Phi) is 5.97. The number of ether oxygens (including phenoxy) is 2. The molecule has 7 rings (SSSR count). The summed E-state index contributed by atoms with van der Waals surface area (Å²) in [5.74, 6) is -0.749. The molecular weight excluding hydrogens is 528 g/mol. The number of anilines is 2. The second-order valence-corrected chi connectivity index (χ2v) is 10.8. The number of benzene rings is 4. The van der Waals surface area contributed by atoms with Gasteiger partial charge in [-0.25, -0.2) is 0 Å². The maximum absolute atomic E-state index is 14.8. The van der Waals surface area contributed by atoms with Gasteiger partial charge in [-0.15, -0.1) is 0 Å². The summed E-state index contributed by atoms with van der Waals surface area (Å²) >= 11 is 0. The van der Waals surface area contributed by atoms with Crippen molar-refractivity contribution in [1.82, 2.24) is 0 Å². The molecule has 0 saturated carbocycles. The predicted molar refractivity (Wildman–Crippen MR) is 160 cm³/mol. The molecule has 4 aromatic rings. The lowest BCUT2D eigenvalue weighted by Crippen LogP contribution is -2.51. The van der Waals surface area contributed by atoms with Crippen LogP contribution in [0.25, 0.3) is 6.08 Å². The van der Waals surface area contributed by atoms with Crippen LogP contribution in [-0.2, 0) is 10.2 Å². The van der Waals surface area contributed by atoms with E-state index in [-0.39, 0.29) is 17.5 Å². The van der Waals surface area contributed by atoms with Gasteiger partial charge < -0.3 is 19.7 Å². The minimum atomic E-state index is -1.36. The van der Waals surface area contributed by atoms with Crippen LogP contribution in [0.2, 0.25) is 0 Å². The van der Waals surface area contributed by atoms with E-state index in [0.29, 0.717) is 33.9 Å². The number of hydrogen-bond donors (Lipinski definition) is 1. The van der Waals surface area contributed by atoms with Gasteiger partial charge in [-0.05, 0) is 59.7 Å². The summed E-state index contributed by atoms with van der Waals surface area (Å²) < 4.78 is 10.8. The average molecular weight is 557 g/mol. The molecule has 1 spiro atoms. The molecule has 3 aliphatic rings. The van der Waals surface area contributed by atoms with Crippen molar-refractivity contribution in [2.45, 2.75) is 17.5 Å². The number of fused-ring (bicyclic) bond motifs is 6. The number of hydrogen-bond acceptors (Lipinski definition) is 6. The van der Waals surface area contributed by atoms with E-state index in [9.17, 15) is 14.4 Å². The third-order valence-electron chi connectivity index (χ3n) is 8.82. The summed E-state index contributed by atoms with van der Waals surface area (Å²) in [6.07, 6.45) is 3.96. The Morgan fingerprint density at radius 2 is 1.52 bits per heavy atom. The van der Waals surface area contributed by atoms with Gasteiger partial charge in [0.15, 0.2) is 11.6 Å². The first kappa shape index (κ1) is 25.8. The SMILES string of the molecule is COc1ccc(C(=O)[C@H]2[C@@H](C(=O)c3cccc(OC)c3)N3c4ccccc4C=C[C@@H]3[C@]23C(=O)Nc2ccccc23)cc1. The summed E-state index contributed by atoms with van der Waals surface area (Å²) in [6.45, 7) is 0. The second-order valence-electron chi connectivity index (χ2n) is 10.8. The molecule has 1 saturated heterocycles. The minimum absolute atomic E-state index is 0.259. The summed E-state index contributed by atoms with van der Waals surface area (Å²) in [5.41, 5.74) is 2.51. The Bertz CT molecular complexity index is 1780. The smallest absolute Gasteiger partial charge is 0.238 e. The fraction of sp³-hybridized carbons (Fsp3) is 0.171. The Labute approximate surface area is 243 Å². The summed E-state index contributed by atoms with van der Waals surface area (Å²) in [7, 11) is 3.11. The van der Waals surface area contributed by atoms with Crippen LogP contribution in [0, 0.1) is 5.92 Å².